The van der Waals surface area contributed by atoms with Gasteiger partial charge in [0.15, 0.2) is 0 Å². The normalized spacial score (nSPS) is 10.0. The summed E-state index contributed by atoms with van der Waals surface area (Å²) in [4.78, 5) is 22.8. The van der Waals surface area contributed by atoms with Crippen LogP contribution in [0, 0.1) is 12.7 Å². The molecule has 6 nitrogen and oxygen atoms in total. The van der Waals surface area contributed by atoms with E-state index in [1.54, 1.807) is 37.3 Å². The summed E-state index contributed by atoms with van der Waals surface area (Å²) in [6.45, 7) is 3.66. The van der Waals surface area contributed by atoms with E-state index < -0.39 is 11.8 Å². The predicted molar refractivity (Wildman–Crippen MR) is 94.4 cm³/mol. The fourth-order valence-electron chi connectivity index (χ4n) is 2.09. The van der Waals surface area contributed by atoms with E-state index in [9.17, 15) is 14.0 Å². The number of hydrogen-bond donors (Lipinski definition) is 3. The maximum atomic E-state index is 13.7. The second-order valence-corrected chi connectivity index (χ2v) is 5.42. The molecular weight excluding hydrogens is 325 g/mol. The van der Waals surface area contributed by atoms with Crippen molar-refractivity contribution >= 4 is 23.3 Å². The van der Waals surface area contributed by atoms with Gasteiger partial charge in [-0.25, -0.2) is 9.18 Å². The van der Waals surface area contributed by atoms with Crippen molar-refractivity contribution in [3.05, 3.63) is 53.8 Å². The van der Waals surface area contributed by atoms with Gasteiger partial charge in [-0.3, -0.25) is 4.79 Å². The summed E-state index contributed by atoms with van der Waals surface area (Å²) >= 11 is 0. The van der Waals surface area contributed by atoms with Crippen LogP contribution in [0.4, 0.5) is 20.6 Å². The van der Waals surface area contributed by atoms with E-state index in [1.165, 1.54) is 19.1 Å². The monoisotopic (exact) mass is 345 g/mol. The zero-order valence-electron chi connectivity index (χ0n) is 14.1. The fraction of sp³-hybridized carbons (Fsp3) is 0.222. The molecule has 0 bridgehead atoms. The minimum atomic E-state index is -0.515. The molecule has 0 aromatic heterocycles. The van der Waals surface area contributed by atoms with Crippen LogP contribution in [0.25, 0.3) is 0 Å². The van der Waals surface area contributed by atoms with Gasteiger partial charge in [0.2, 0.25) is 5.91 Å². The number of amides is 3. The second kappa shape index (κ2) is 8.68. The Bertz CT molecular complexity index is 765. The first-order valence-electron chi connectivity index (χ1n) is 7.75. The van der Waals surface area contributed by atoms with Gasteiger partial charge in [0.25, 0.3) is 0 Å². The molecule has 0 atom stereocenters. The Morgan fingerprint density at radius 2 is 1.92 bits per heavy atom. The van der Waals surface area contributed by atoms with Crippen molar-refractivity contribution in [2.45, 2.75) is 13.8 Å². The van der Waals surface area contributed by atoms with Crippen molar-refractivity contribution in [2.24, 2.45) is 0 Å². The second-order valence-electron chi connectivity index (χ2n) is 5.42. The van der Waals surface area contributed by atoms with E-state index in [0.717, 1.165) is 5.56 Å². The van der Waals surface area contributed by atoms with Gasteiger partial charge in [0.1, 0.15) is 18.2 Å². The van der Waals surface area contributed by atoms with E-state index in [0.29, 0.717) is 11.4 Å². The van der Waals surface area contributed by atoms with Gasteiger partial charge in [0, 0.05) is 18.7 Å². The number of halogens is 1. The fourth-order valence-corrected chi connectivity index (χ4v) is 2.09. The van der Waals surface area contributed by atoms with Gasteiger partial charge in [-0.05, 0) is 36.8 Å². The number of nitrogens with one attached hydrogen (secondary N) is 3. The third kappa shape index (κ3) is 6.14. The summed E-state index contributed by atoms with van der Waals surface area (Å²) in [5.74, 6) is -0.0851. The maximum Gasteiger partial charge on any atom is 0.319 e. The minimum absolute atomic E-state index is 0.118. The zero-order valence-corrected chi connectivity index (χ0v) is 14.1. The van der Waals surface area contributed by atoms with Gasteiger partial charge in [-0.2, -0.15) is 0 Å². The number of anilines is 2. The molecule has 0 spiro atoms. The van der Waals surface area contributed by atoms with Crippen LogP contribution in [0.15, 0.2) is 42.5 Å². The number of hydrogen-bond acceptors (Lipinski definition) is 3. The quantitative estimate of drug-likeness (QED) is 0.703. The molecule has 0 fully saturated rings. The van der Waals surface area contributed by atoms with Crippen LogP contribution < -0.4 is 20.7 Å². The predicted octanol–water partition coefficient (Wildman–Crippen LogP) is 3.29. The number of rotatable bonds is 6. The van der Waals surface area contributed by atoms with Crippen molar-refractivity contribution in [1.29, 1.82) is 0 Å². The van der Waals surface area contributed by atoms with E-state index in [4.69, 9.17) is 4.74 Å². The molecule has 0 aliphatic carbocycles. The van der Waals surface area contributed by atoms with Crippen LogP contribution in [-0.4, -0.2) is 25.1 Å². The third-order valence-corrected chi connectivity index (χ3v) is 3.18. The van der Waals surface area contributed by atoms with E-state index in [-0.39, 0.29) is 24.7 Å². The molecule has 2 aromatic rings. The lowest BCUT2D eigenvalue weighted by molar-refractivity contribution is -0.114. The average molecular weight is 345 g/mol. The Hall–Kier alpha value is -3.09. The lowest BCUT2D eigenvalue weighted by Crippen LogP contribution is -2.32. The first-order chi connectivity index (χ1) is 11.9. The summed E-state index contributed by atoms with van der Waals surface area (Å²) < 4.78 is 19.2. The van der Waals surface area contributed by atoms with Crippen LogP contribution in [0.1, 0.15) is 12.5 Å². The largest absolute Gasteiger partial charge is 0.492 e. The summed E-state index contributed by atoms with van der Waals surface area (Å²) in [6, 6.07) is 11.0. The Morgan fingerprint density at radius 3 is 2.64 bits per heavy atom. The molecule has 0 heterocycles. The Labute approximate surface area is 145 Å². The van der Waals surface area contributed by atoms with Gasteiger partial charge < -0.3 is 20.7 Å². The minimum Gasteiger partial charge on any atom is -0.492 e. The number of ether oxygens (including phenoxy) is 1. The van der Waals surface area contributed by atoms with Crippen molar-refractivity contribution in [2.75, 3.05) is 23.8 Å². The standard InChI is InChI=1S/C18H20FN3O3/c1-12-6-7-17(16(19)10-12)22-18(24)20-8-9-25-15-5-3-4-14(11-15)21-13(2)23/h3-7,10-11H,8-9H2,1-2H3,(H,21,23)(H2,20,22,24). The Balaban J connectivity index is 1.75. The molecule has 3 amide bonds. The Morgan fingerprint density at radius 1 is 1.12 bits per heavy atom. The molecule has 0 aliphatic heterocycles. The molecular formula is C18H20FN3O3. The smallest absolute Gasteiger partial charge is 0.319 e. The van der Waals surface area contributed by atoms with Crippen molar-refractivity contribution in [3.63, 3.8) is 0 Å². The number of benzene rings is 2. The number of urea groups is 1. The van der Waals surface area contributed by atoms with Crippen LogP contribution in [-0.2, 0) is 4.79 Å². The lowest BCUT2D eigenvalue weighted by Gasteiger charge is -2.11. The zero-order chi connectivity index (χ0) is 18.2. The molecule has 0 unspecified atom stereocenters. The number of aryl methyl sites for hydroxylation is 1. The SMILES string of the molecule is CC(=O)Nc1cccc(OCCNC(=O)Nc2ccc(C)cc2F)c1. The summed E-state index contributed by atoms with van der Waals surface area (Å²) in [7, 11) is 0. The molecule has 0 saturated carbocycles. The highest BCUT2D eigenvalue weighted by molar-refractivity contribution is 5.89. The van der Waals surface area contributed by atoms with Crippen molar-refractivity contribution in [1.82, 2.24) is 5.32 Å². The molecule has 0 aliphatic rings. The highest BCUT2D eigenvalue weighted by atomic mass is 19.1. The molecule has 0 radical (unpaired) electrons. The maximum absolute atomic E-state index is 13.7. The van der Waals surface area contributed by atoms with Crippen LogP contribution in [0.5, 0.6) is 5.75 Å². The van der Waals surface area contributed by atoms with E-state index in [2.05, 4.69) is 16.0 Å². The first-order valence-corrected chi connectivity index (χ1v) is 7.75. The number of carbonyl (C=O) groups excluding carboxylic acids is 2. The van der Waals surface area contributed by atoms with Gasteiger partial charge >= 0.3 is 6.03 Å². The lowest BCUT2D eigenvalue weighted by atomic mass is 10.2. The number of carbonyl (C=O) groups is 2. The van der Waals surface area contributed by atoms with Gasteiger partial charge in [-0.15, -0.1) is 0 Å². The molecule has 2 rings (SSSR count). The molecule has 3 N–H and O–H groups in total. The molecule has 7 heteroatoms. The highest BCUT2D eigenvalue weighted by Crippen LogP contribution is 2.17. The van der Waals surface area contributed by atoms with Crippen LogP contribution in [0.3, 0.4) is 0 Å². The summed E-state index contributed by atoms with van der Waals surface area (Å²) in [5.41, 5.74) is 1.52. The Kier molecular flexibility index (Phi) is 6.33. The topological polar surface area (TPSA) is 79.5 Å². The van der Waals surface area contributed by atoms with Gasteiger partial charge in [0.05, 0.1) is 12.2 Å². The molecule has 132 valence electrons. The van der Waals surface area contributed by atoms with Crippen LogP contribution in [0.2, 0.25) is 0 Å². The molecule has 2 aromatic carbocycles. The molecule has 25 heavy (non-hydrogen) atoms. The van der Waals surface area contributed by atoms with Crippen molar-refractivity contribution in [3.8, 4) is 5.75 Å². The van der Waals surface area contributed by atoms with E-state index in [1.807, 2.05) is 0 Å². The first kappa shape index (κ1) is 18.3. The van der Waals surface area contributed by atoms with E-state index >= 15 is 0 Å². The summed E-state index contributed by atoms with van der Waals surface area (Å²) in [6.07, 6.45) is 0. The highest BCUT2D eigenvalue weighted by Gasteiger charge is 2.06. The van der Waals surface area contributed by atoms with Crippen LogP contribution >= 0.6 is 0 Å². The molecule has 0 saturated heterocycles. The van der Waals surface area contributed by atoms with Crippen molar-refractivity contribution < 1.29 is 18.7 Å². The van der Waals surface area contributed by atoms with Gasteiger partial charge in [-0.1, -0.05) is 12.1 Å². The third-order valence-electron chi connectivity index (χ3n) is 3.18. The summed E-state index contributed by atoms with van der Waals surface area (Å²) in [5, 5.41) is 7.67. The average Bonchev–Trinajstić information content (AvgIpc) is 2.54.